The minimum absolute atomic E-state index is 0.337. The van der Waals surface area contributed by atoms with E-state index in [1.54, 1.807) is 0 Å². The average Bonchev–Trinajstić information content (AvgIpc) is 1.81. The lowest BCUT2D eigenvalue weighted by Gasteiger charge is -1.95. The number of hydrogen-bond acceptors (Lipinski definition) is 2. The molecule has 2 N–H and O–H groups in total. The second-order valence-electron chi connectivity index (χ2n) is 1.89. The average molecular weight is 115 g/mol. The van der Waals surface area contributed by atoms with Gasteiger partial charge in [0, 0.05) is 6.61 Å². The molecule has 2 nitrogen and oxygen atoms in total. The van der Waals surface area contributed by atoms with E-state index in [1.165, 1.54) is 6.42 Å². The summed E-state index contributed by atoms with van der Waals surface area (Å²) in [7, 11) is 1.94. The number of hydrogen-bond donors (Lipinski definition) is 2. The van der Waals surface area contributed by atoms with Crippen molar-refractivity contribution in [2.45, 2.75) is 19.3 Å². The number of aliphatic hydroxyl groups is 1. The van der Waals surface area contributed by atoms with E-state index in [0.717, 1.165) is 19.4 Å². The molecule has 48 valence electrons. The third-order valence-corrected chi connectivity index (χ3v) is 1.08. The zero-order valence-corrected chi connectivity index (χ0v) is 5.48. The molecule has 3 heteroatoms. The highest BCUT2D eigenvalue weighted by atomic mass is 16.2. The summed E-state index contributed by atoms with van der Waals surface area (Å²) in [5.74, 6) is 0. The summed E-state index contributed by atoms with van der Waals surface area (Å²) in [6.45, 7) is 1.41. The van der Waals surface area contributed by atoms with E-state index >= 15 is 0 Å². The lowest BCUT2D eigenvalue weighted by Crippen LogP contribution is -2.09. The molecule has 0 atom stereocenters. The smallest absolute Gasteiger partial charge is 0.181 e. The lowest BCUT2D eigenvalue weighted by molar-refractivity contribution is 0.283. The Balaban J connectivity index is 2.53. The first kappa shape index (κ1) is 7.98. The van der Waals surface area contributed by atoms with Crippen molar-refractivity contribution >= 4 is 7.98 Å². The van der Waals surface area contributed by atoms with E-state index in [-0.39, 0.29) is 0 Å². The van der Waals surface area contributed by atoms with Crippen LogP contribution in [0.1, 0.15) is 19.3 Å². The summed E-state index contributed by atoms with van der Waals surface area (Å²) in [5, 5.41) is 11.4. The molecule has 0 aromatic heterocycles. The van der Waals surface area contributed by atoms with Crippen LogP contribution in [0.3, 0.4) is 0 Å². The SMILES string of the molecule is BNCCCCCO. The molecule has 0 unspecified atom stereocenters. The number of unbranched alkanes of at least 4 members (excludes halogenated alkanes) is 2. The quantitative estimate of drug-likeness (QED) is 0.366. The van der Waals surface area contributed by atoms with E-state index in [2.05, 4.69) is 5.23 Å². The first-order chi connectivity index (χ1) is 3.91. The molecule has 0 saturated heterocycles. The van der Waals surface area contributed by atoms with Gasteiger partial charge in [0.2, 0.25) is 0 Å². The van der Waals surface area contributed by atoms with E-state index in [4.69, 9.17) is 5.11 Å². The molecule has 0 aliphatic carbocycles. The highest BCUT2D eigenvalue weighted by Crippen LogP contribution is 1.90. The van der Waals surface area contributed by atoms with Gasteiger partial charge in [-0.15, -0.1) is 0 Å². The van der Waals surface area contributed by atoms with Gasteiger partial charge in [0.1, 0.15) is 0 Å². The van der Waals surface area contributed by atoms with Crippen molar-refractivity contribution in [2.75, 3.05) is 13.2 Å². The molecule has 0 rings (SSSR count). The maximum atomic E-state index is 8.35. The third kappa shape index (κ3) is 5.98. The minimum atomic E-state index is 0.337. The van der Waals surface area contributed by atoms with Crippen molar-refractivity contribution in [3.8, 4) is 0 Å². The molecular formula is C5H14BNO. The van der Waals surface area contributed by atoms with Gasteiger partial charge in [-0.25, -0.2) is 0 Å². The van der Waals surface area contributed by atoms with Gasteiger partial charge in [-0.2, -0.15) is 0 Å². The Bertz CT molecular complexity index is 37.4. The molecule has 0 bridgehead atoms. The summed E-state index contributed by atoms with van der Waals surface area (Å²) in [5.41, 5.74) is 0. The van der Waals surface area contributed by atoms with E-state index in [1.807, 2.05) is 7.98 Å². The fourth-order valence-electron chi connectivity index (χ4n) is 0.590. The zero-order valence-electron chi connectivity index (χ0n) is 5.48. The highest BCUT2D eigenvalue weighted by molar-refractivity contribution is 6.04. The van der Waals surface area contributed by atoms with Crippen LogP contribution in [0.4, 0.5) is 0 Å². The van der Waals surface area contributed by atoms with Crippen molar-refractivity contribution in [2.24, 2.45) is 0 Å². The van der Waals surface area contributed by atoms with Crippen molar-refractivity contribution in [1.82, 2.24) is 5.23 Å². The van der Waals surface area contributed by atoms with Crippen LogP contribution in [0.25, 0.3) is 0 Å². The molecule has 8 heavy (non-hydrogen) atoms. The Morgan fingerprint density at radius 3 is 2.50 bits per heavy atom. The predicted octanol–water partition coefficient (Wildman–Crippen LogP) is -0.713. The first-order valence-electron chi connectivity index (χ1n) is 3.17. The molecule has 0 heterocycles. The summed E-state index contributed by atoms with van der Waals surface area (Å²) in [6, 6.07) is 0. The molecule has 0 aliphatic rings. The lowest BCUT2D eigenvalue weighted by atomic mass is 10.2. The van der Waals surface area contributed by atoms with E-state index in [9.17, 15) is 0 Å². The second-order valence-corrected chi connectivity index (χ2v) is 1.89. The van der Waals surface area contributed by atoms with Gasteiger partial charge in [0.15, 0.2) is 7.98 Å². The third-order valence-electron chi connectivity index (χ3n) is 1.08. The van der Waals surface area contributed by atoms with Crippen LogP contribution in [-0.2, 0) is 0 Å². The van der Waals surface area contributed by atoms with Crippen LogP contribution in [0.15, 0.2) is 0 Å². The van der Waals surface area contributed by atoms with Crippen LogP contribution in [0, 0.1) is 0 Å². The van der Waals surface area contributed by atoms with Gasteiger partial charge in [0.05, 0.1) is 0 Å². The number of rotatable bonds is 5. The molecule has 0 radical (unpaired) electrons. The molecule has 0 saturated carbocycles. The normalized spacial score (nSPS) is 9.62. The minimum Gasteiger partial charge on any atom is -0.396 e. The van der Waals surface area contributed by atoms with Crippen LogP contribution in [0.5, 0.6) is 0 Å². The van der Waals surface area contributed by atoms with Gasteiger partial charge in [0.25, 0.3) is 0 Å². The largest absolute Gasteiger partial charge is 0.396 e. The molecular weight excluding hydrogens is 101 g/mol. The maximum Gasteiger partial charge on any atom is 0.181 e. The van der Waals surface area contributed by atoms with Crippen molar-refractivity contribution in [3.63, 3.8) is 0 Å². The predicted molar refractivity (Wildman–Crippen MR) is 37.5 cm³/mol. The first-order valence-corrected chi connectivity index (χ1v) is 3.17. The van der Waals surface area contributed by atoms with Gasteiger partial charge >= 0.3 is 0 Å². The van der Waals surface area contributed by atoms with Gasteiger partial charge in [-0.05, 0) is 25.8 Å². The summed E-state index contributed by atoms with van der Waals surface area (Å²) < 4.78 is 0. The Morgan fingerprint density at radius 2 is 2.00 bits per heavy atom. The fraction of sp³-hybridized carbons (Fsp3) is 1.00. The maximum absolute atomic E-state index is 8.35. The molecule has 0 aliphatic heterocycles. The summed E-state index contributed by atoms with van der Waals surface area (Å²) in [6.07, 6.45) is 3.26. The number of nitrogens with one attached hydrogen (secondary N) is 1. The van der Waals surface area contributed by atoms with Crippen LogP contribution in [0.2, 0.25) is 0 Å². The molecule has 0 amide bonds. The van der Waals surface area contributed by atoms with Crippen molar-refractivity contribution < 1.29 is 5.11 Å². The summed E-state index contributed by atoms with van der Waals surface area (Å²) >= 11 is 0. The van der Waals surface area contributed by atoms with Crippen LogP contribution >= 0.6 is 0 Å². The number of aliphatic hydroxyl groups excluding tert-OH is 1. The van der Waals surface area contributed by atoms with Crippen LogP contribution in [-0.4, -0.2) is 26.2 Å². The van der Waals surface area contributed by atoms with Gasteiger partial charge in [-0.3, -0.25) is 0 Å². The topological polar surface area (TPSA) is 32.3 Å². The zero-order chi connectivity index (χ0) is 6.24. The van der Waals surface area contributed by atoms with Crippen LogP contribution < -0.4 is 5.23 Å². The Labute approximate surface area is 51.7 Å². The Kier molecular flexibility index (Phi) is 6.97. The molecule has 0 spiro atoms. The molecule has 0 fully saturated rings. The second kappa shape index (κ2) is 6.98. The Morgan fingerprint density at radius 1 is 1.25 bits per heavy atom. The molecule has 0 aromatic carbocycles. The van der Waals surface area contributed by atoms with E-state index in [0.29, 0.717) is 6.61 Å². The van der Waals surface area contributed by atoms with Gasteiger partial charge < -0.3 is 10.3 Å². The summed E-state index contributed by atoms with van der Waals surface area (Å²) in [4.78, 5) is 0. The van der Waals surface area contributed by atoms with Gasteiger partial charge in [-0.1, -0.05) is 0 Å². The highest BCUT2D eigenvalue weighted by Gasteiger charge is 1.83. The standard InChI is InChI=1S/C5H14BNO/c6-7-4-2-1-3-5-8/h7-8H,1-6H2. The monoisotopic (exact) mass is 115 g/mol. The van der Waals surface area contributed by atoms with Crippen molar-refractivity contribution in [3.05, 3.63) is 0 Å². The fourth-order valence-corrected chi connectivity index (χ4v) is 0.590. The molecule has 0 aromatic rings. The van der Waals surface area contributed by atoms with Crippen molar-refractivity contribution in [1.29, 1.82) is 0 Å². The van der Waals surface area contributed by atoms with E-state index < -0.39 is 0 Å². The Hall–Kier alpha value is -0.0151.